The number of nitrogens with zero attached hydrogens (tertiary/aromatic N) is 1. The molecule has 0 aliphatic heterocycles. The highest BCUT2D eigenvalue weighted by Crippen LogP contribution is 2.30. The van der Waals surface area contributed by atoms with Gasteiger partial charge < -0.3 is 0 Å². The Morgan fingerprint density at radius 3 is 2.76 bits per heavy atom. The summed E-state index contributed by atoms with van der Waals surface area (Å²) in [7, 11) is 0. The van der Waals surface area contributed by atoms with E-state index in [1.54, 1.807) is 12.1 Å². The first-order valence-corrected chi connectivity index (χ1v) is 6.46. The van der Waals surface area contributed by atoms with Crippen LogP contribution in [0.4, 0.5) is 4.39 Å². The van der Waals surface area contributed by atoms with Crippen molar-refractivity contribution in [3.8, 4) is 0 Å². The van der Waals surface area contributed by atoms with Gasteiger partial charge in [-0.15, -0.1) is 0 Å². The Bertz CT molecular complexity index is 396. The Kier molecular flexibility index (Phi) is 4.43. The topological polar surface area (TPSA) is 3.24 Å². The van der Waals surface area contributed by atoms with Gasteiger partial charge in [-0.2, -0.15) is 0 Å². The standard InChI is InChI=1S/C13H14Cl2FN/c14-7-2-8-17(10-5-6-10)9-11-12(15)3-1-4-13(11)16/h1-4,7,10H,5-6,8-9H2/b7-2+. The van der Waals surface area contributed by atoms with Gasteiger partial charge in [0.2, 0.25) is 0 Å². The van der Waals surface area contributed by atoms with Crippen molar-refractivity contribution in [2.75, 3.05) is 6.54 Å². The van der Waals surface area contributed by atoms with Gasteiger partial charge in [0.15, 0.2) is 0 Å². The minimum absolute atomic E-state index is 0.238. The van der Waals surface area contributed by atoms with Crippen LogP contribution in [0.3, 0.4) is 0 Å². The van der Waals surface area contributed by atoms with Crippen molar-refractivity contribution in [2.24, 2.45) is 0 Å². The normalized spacial score (nSPS) is 16.0. The molecule has 0 radical (unpaired) electrons. The average molecular weight is 274 g/mol. The number of rotatable bonds is 5. The SMILES string of the molecule is Fc1cccc(Cl)c1CN(C/C=C/Cl)C1CC1. The number of hydrogen-bond donors (Lipinski definition) is 0. The first-order valence-electron chi connectivity index (χ1n) is 5.64. The van der Waals surface area contributed by atoms with E-state index in [1.807, 2.05) is 6.08 Å². The molecule has 0 amide bonds. The average Bonchev–Trinajstić information content (AvgIpc) is 3.12. The molecule has 0 bridgehead atoms. The highest BCUT2D eigenvalue weighted by Gasteiger charge is 2.29. The summed E-state index contributed by atoms with van der Waals surface area (Å²) in [5, 5.41) is 0.491. The smallest absolute Gasteiger partial charge is 0.129 e. The predicted molar refractivity (Wildman–Crippen MR) is 69.8 cm³/mol. The lowest BCUT2D eigenvalue weighted by molar-refractivity contribution is 0.279. The van der Waals surface area contributed by atoms with E-state index in [9.17, 15) is 4.39 Å². The van der Waals surface area contributed by atoms with Crippen LogP contribution in [0.2, 0.25) is 5.02 Å². The van der Waals surface area contributed by atoms with E-state index < -0.39 is 0 Å². The number of halogens is 3. The maximum Gasteiger partial charge on any atom is 0.129 e. The summed E-state index contributed by atoms with van der Waals surface area (Å²) in [6, 6.07) is 5.34. The quantitative estimate of drug-likeness (QED) is 0.778. The third-order valence-corrected chi connectivity index (χ3v) is 3.45. The van der Waals surface area contributed by atoms with E-state index in [4.69, 9.17) is 23.2 Å². The van der Waals surface area contributed by atoms with Crippen molar-refractivity contribution >= 4 is 23.2 Å². The van der Waals surface area contributed by atoms with Gasteiger partial charge in [0.05, 0.1) is 0 Å². The van der Waals surface area contributed by atoms with Gasteiger partial charge >= 0.3 is 0 Å². The summed E-state index contributed by atoms with van der Waals surface area (Å²) in [6.07, 6.45) is 4.21. The summed E-state index contributed by atoms with van der Waals surface area (Å²) in [4.78, 5) is 2.20. The highest BCUT2D eigenvalue weighted by atomic mass is 35.5. The molecule has 0 heterocycles. The lowest BCUT2D eigenvalue weighted by Crippen LogP contribution is -2.26. The molecule has 0 saturated heterocycles. The zero-order chi connectivity index (χ0) is 12.3. The lowest BCUT2D eigenvalue weighted by atomic mass is 10.2. The molecule has 1 fully saturated rings. The van der Waals surface area contributed by atoms with E-state index in [2.05, 4.69) is 4.90 Å². The molecule has 0 unspecified atom stereocenters. The lowest BCUT2D eigenvalue weighted by Gasteiger charge is -2.21. The Morgan fingerprint density at radius 2 is 2.18 bits per heavy atom. The Hall–Kier alpha value is -0.570. The summed E-state index contributed by atoms with van der Waals surface area (Å²) >= 11 is 11.6. The van der Waals surface area contributed by atoms with E-state index in [1.165, 1.54) is 24.4 Å². The van der Waals surface area contributed by atoms with Crippen LogP contribution in [-0.2, 0) is 6.54 Å². The third-order valence-electron chi connectivity index (χ3n) is 2.92. The number of hydrogen-bond acceptors (Lipinski definition) is 1. The van der Waals surface area contributed by atoms with Crippen LogP contribution in [0.15, 0.2) is 29.8 Å². The van der Waals surface area contributed by atoms with Gasteiger partial charge in [-0.25, -0.2) is 4.39 Å². The van der Waals surface area contributed by atoms with Gasteiger partial charge in [-0.1, -0.05) is 35.3 Å². The van der Waals surface area contributed by atoms with Crippen molar-refractivity contribution < 1.29 is 4.39 Å². The molecular weight excluding hydrogens is 260 g/mol. The van der Waals surface area contributed by atoms with Crippen LogP contribution in [-0.4, -0.2) is 17.5 Å². The molecule has 1 aliphatic carbocycles. The molecule has 17 heavy (non-hydrogen) atoms. The molecule has 1 nitrogen and oxygen atoms in total. The third kappa shape index (κ3) is 3.44. The van der Waals surface area contributed by atoms with Gasteiger partial charge in [0, 0.05) is 35.3 Å². The molecule has 0 atom stereocenters. The van der Waals surface area contributed by atoms with Crippen molar-refractivity contribution in [2.45, 2.75) is 25.4 Å². The summed E-state index contributed by atoms with van der Waals surface area (Å²) in [5.74, 6) is -0.238. The molecule has 1 aliphatic rings. The van der Waals surface area contributed by atoms with E-state index in [-0.39, 0.29) is 5.82 Å². The van der Waals surface area contributed by atoms with Gasteiger partial charge in [0.25, 0.3) is 0 Å². The Labute approximate surface area is 111 Å². The van der Waals surface area contributed by atoms with Crippen LogP contribution in [0.1, 0.15) is 18.4 Å². The molecule has 1 aromatic carbocycles. The molecule has 0 spiro atoms. The van der Waals surface area contributed by atoms with E-state index in [0.29, 0.717) is 23.2 Å². The fourth-order valence-corrected chi connectivity index (χ4v) is 2.15. The molecule has 0 aromatic heterocycles. The zero-order valence-corrected chi connectivity index (χ0v) is 10.9. The highest BCUT2D eigenvalue weighted by molar-refractivity contribution is 6.31. The van der Waals surface area contributed by atoms with Crippen molar-refractivity contribution in [1.82, 2.24) is 4.90 Å². The molecule has 0 N–H and O–H groups in total. The molecular formula is C13H14Cl2FN. The van der Waals surface area contributed by atoms with E-state index in [0.717, 1.165) is 6.54 Å². The molecule has 4 heteroatoms. The second-order valence-electron chi connectivity index (χ2n) is 4.22. The van der Waals surface area contributed by atoms with Crippen molar-refractivity contribution in [3.63, 3.8) is 0 Å². The molecule has 1 aromatic rings. The Morgan fingerprint density at radius 1 is 1.41 bits per heavy atom. The monoisotopic (exact) mass is 273 g/mol. The second kappa shape index (κ2) is 5.85. The zero-order valence-electron chi connectivity index (χ0n) is 9.37. The summed E-state index contributed by atoms with van der Waals surface area (Å²) < 4.78 is 13.7. The fourth-order valence-electron chi connectivity index (χ4n) is 1.84. The second-order valence-corrected chi connectivity index (χ2v) is 4.88. The maximum atomic E-state index is 13.7. The first-order chi connectivity index (χ1) is 8.22. The van der Waals surface area contributed by atoms with Gasteiger partial charge in [-0.05, 0) is 25.0 Å². The largest absolute Gasteiger partial charge is 0.292 e. The number of benzene rings is 1. The summed E-state index contributed by atoms with van der Waals surface area (Å²) in [5.41, 5.74) is 2.07. The predicted octanol–water partition coefficient (Wildman–Crippen LogP) is 4.20. The van der Waals surface area contributed by atoms with Crippen LogP contribution < -0.4 is 0 Å². The van der Waals surface area contributed by atoms with Gasteiger partial charge in [-0.3, -0.25) is 4.90 Å². The van der Waals surface area contributed by atoms with Crippen LogP contribution >= 0.6 is 23.2 Å². The van der Waals surface area contributed by atoms with Crippen molar-refractivity contribution in [1.29, 1.82) is 0 Å². The summed E-state index contributed by atoms with van der Waals surface area (Å²) in [6.45, 7) is 1.27. The minimum Gasteiger partial charge on any atom is -0.292 e. The van der Waals surface area contributed by atoms with Crippen LogP contribution in [0.5, 0.6) is 0 Å². The Balaban J connectivity index is 2.11. The molecule has 92 valence electrons. The van der Waals surface area contributed by atoms with Crippen LogP contribution in [0.25, 0.3) is 0 Å². The maximum absolute atomic E-state index is 13.7. The van der Waals surface area contributed by atoms with E-state index >= 15 is 0 Å². The molecule has 2 rings (SSSR count). The van der Waals surface area contributed by atoms with Crippen LogP contribution in [0, 0.1) is 5.82 Å². The molecule has 1 saturated carbocycles. The van der Waals surface area contributed by atoms with Gasteiger partial charge in [0.1, 0.15) is 5.82 Å². The van der Waals surface area contributed by atoms with Crippen molar-refractivity contribution in [3.05, 3.63) is 46.2 Å². The first kappa shape index (κ1) is 12.9. The fraction of sp³-hybridized carbons (Fsp3) is 0.385. The minimum atomic E-state index is -0.238.